The second-order valence-electron chi connectivity index (χ2n) is 10.4. The largest absolute Gasteiger partial charge is 0.422 e. The molecule has 2 amide bonds. The molecule has 1 aliphatic carbocycles. The van der Waals surface area contributed by atoms with Crippen molar-refractivity contribution in [2.75, 3.05) is 5.32 Å². The van der Waals surface area contributed by atoms with E-state index in [1.807, 2.05) is 18.2 Å². The molecule has 184 valence electrons. The minimum atomic E-state index is -0.528. The van der Waals surface area contributed by atoms with Crippen LogP contribution in [0.2, 0.25) is 0 Å². The number of benzene rings is 2. The van der Waals surface area contributed by atoms with E-state index in [-0.39, 0.29) is 11.3 Å². The highest BCUT2D eigenvalue weighted by Crippen LogP contribution is 2.44. The Labute approximate surface area is 213 Å². The van der Waals surface area contributed by atoms with Gasteiger partial charge in [-0.05, 0) is 66.0 Å². The Kier molecular flexibility index (Phi) is 6.04. The first-order valence-electron chi connectivity index (χ1n) is 12.0. The molecule has 2 aromatic heterocycles. The number of hydrogen-bond acceptors (Lipinski definition) is 5. The molecule has 0 spiro atoms. The third-order valence-corrected chi connectivity index (χ3v) is 8.21. The highest BCUT2D eigenvalue weighted by molar-refractivity contribution is 7.17. The fraction of sp³-hybridized carbons (Fsp3) is 0.276. The number of carbonyl (C=O) groups excluding carboxylic acids is 2. The molecule has 1 aliphatic rings. The molecule has 3 N–H and O–H groups in total. The number of nitrogens with two attached hydrogens (primary N) is 1. The number of amides is 2. The van der Waals surface area contributed by atoms with Gasteiger partial charge < -0.3 is 15.5 Å². The van der Waals surface area contributed by atoms with Gasteiger partial charge in [-0.1, -0.05) is 51.1 Å². The van der Waals surface area contributed by atoms with E-state index in [1.54, 1.807) is 36.4 Å². The lowest BCUT2D eigenvalue weighted by atomic mass is 9.72. The summed E-state index contributed by atoms with van der Waals surface area (Å²) in [5.74, 6) is -0.395. The molecule has 7 heteroatoms. The zero-order valence-corrected chi connectivity index (χ0v) is 21.3. The first kappa shape index (κ1) is 24.0. The number of primary amides is 1. The maximum absolute atomic E-state index is 13.2. The van der Waals surface area contributed by atoms with Crippen molar-refractivity contribution < 1.29 is 14.0 Å². The van der Waals surface area contributed by atoms with Crippen LogP contribution in [0.4, 0.5) is 5.00 Å². The van der Waals surface area contributed by atoms with Gasteiger partial charge in [0.2, 0.25) is 0 Å². The molecule has 2 aromatic carbocycles. The van der Waals surface area contributed by atoms with Crippen molar-refractivity contribution in [2.24, 2.45) is 17.1 Å². The van der Waals surface area contributed by atoms with Crippen LogP contribution in [0.1, 0.15) is 58.3 Å². The Morgan fingerprint density at radius 1 is 1.08 bits per heavy atom. The number of carbonyl (C=O) groups is 2. The van der Waals surface area contributed by atoms with Crippen molar-refractivity contribution >= 4 is 39.1 Å². The lowest BCUT2D eigenvalue weighted by Crippen LogP contribution is -2.27. The van der Waals surface area contributed by atoms with Gasteiger partial charge in [0, 0.05) is 15.8 Å². The van der Waals surface area contributed by atoms with Crippen LogP contribution in [0.15, 0.2) is 63.8 Å². The van der Waals surface area contributed by atoms with E-state index in [0.717, 1.165) is 35.1 Å². The summed E-state index contributed by atoms with van der Waals surface area (Å²) in [5, 5.41) is 4.20. The summed E-state index contributed by atoms with van der Waals surface area (Å²) in [7, 11) is 0. The number of thiophene rings is 1. The Balaban J connectivity index is 1.46. The molecule has 2 heterocycles. The van der Waals surface area contributed by atoms with Crippen molar-refractivity contribution in [3.05, 3.63) is 86.6 Å². The molecule has 5 rings (SSSR count). The molecule has 0 unspecified atom stereocenters. The van der Waals surface area contributed by atoms with Crippen molar-refractivity contribution in [1.82, 2.24) is 0 Å². The van der Waals surface area contributed by atoms with Gasteiger partial charge in [-0.2, -0.15) is 0 Å². The van der Waals surface area contributed by atoms with E-state index < -0.39 is 11.5 Å². The lowest BCUT2D eigenvalue weighted by Gasteiger charge is -2.33. The van der Waals surface area contributed by atoms with Crippen LogP contribution >= 0.6 is 11.3 Å². The van der Waals surface area contributed by atoms with Crippen LogP contribution in [0, 0.1) is 11.3 Å². The Morgan fingerprint density at radius 2 is 1.86 bits per heavy atom. The van der Waals surface area contributed by atoms with Crippen molar-refractivity contribution in [1.29, 1.82) is 0 Å². The third kappa shape index (κ3) is 4.46. The molecule has 0 radical (unpaired) electrons. The Hall–Kier alpha value is -3.71. The Bertz CT molecular complexity index is 1560. The van der Waals surface area contributed by atoms with E-state index in [4.69, 9.17) is 10.2 Å². The fourth-order valence-electron chi connectivity index (χ4n) is 4.94. The predicted molar refractivity (Wildman–Crippen MR) is 144 cm³/mol. The summed E-state index contributed by atoms with van der Waals surface area (Å²) in [5.41, 5.74) is 8.66. The molecule has 0 saturated heterocycles. The second kappa shape index (κ2) is 9.06. The Morgan fingerprint density at radius 3 is 2.61 bits per heavy atom. The number of anilines is 1. The van der Waals surface area contributed by atoms with Crippen LogP contribution in [0.25, 0.3) is 22.1 Å². The molecule has 0 aliphatic heterocycles. The summed E-state index contributed by atoms with van der Waals surface area (Å²) in [6.07, 6.45) is 2.62. The van der Waals surface area contributed by atoms with Crippen LogP contribution < -0.4 is 16.7 Å². The number of rotatable bonds is 4. The zero-order chi connectivity index (χ0) is 25.6. The van der Waals surface area contributed by atoms with E-state index in [9.17, 15) is 14.4 Å². The maximum Gasteiger partial charge on any atom is 0.344 e. The van der Waals surface area contributed by atoms with Crippen molar-refractivity contribution in [2.45, 2.75) is 40.0 Å². The van der Waals surface area contributed by atoms with Crippen LogP contribution in [-0.2, 0) is 12.8 Å². The van der Waals surface area contributed by atoms with Gasteiger partial charge in [-0.25, -0.2) is 4.79 Å². The first-order valence-corrected chi connectivity index (χ1v) is 12.8. The quantitative estimate of drug-likeness (QED) is 0.334. The van der Waals surface area contributed by atoms with Gasteiger partial charge in [0.1, 0.15) is 10.6 Å². The average molecular weight is 501 g/mol. The van der Waals surface area contributed by atoms with E-state index in [0.29, 0.717) is 38.8 Å². The molecule has 0 fully saturated rings. The summed E-state index contributed by atoms with van der Waals surface area (Å²) in [6, 6.07) is 15.9. The fourth-order valence-corrected chi connectivity index (χ4v) is 6.27. The standard InChI is InChI=1S/C29H28N2O4S/c1-29(2,3)19-11-12-20-23(15-19)36-27(24(20)25(30)32)31-26(33)18-9-6-8-16(13-18)21-14-17-7-4-5-10-22(17)35-28(21)34/h4-10,13-14,19H,11-12,15H2,1-3H3,(H2,30,32)(H,31,33)/t19-/m1/s1. The number of para-hydroxylation sites is 1. The molecular formula is C29H28N2O4S. The van der Waals surface area contributed by atoms with Gasteiger partial charge in [0.15, 0.2) is 0 Å². The van der Waals surface area contributed by atoms with Gasteiger partial charge in [0.25, 0.3) is 11.8 Å². The minimum absolute atomic E-state index is 0.161. The summed E-state index contributed by atoms with van der Waals surface area (Å²) in [4.78, 5) is 39.4. The van der Waals surface area contributed by atoms with Crippen LogP contribution in [-0.4, -0.2) is 11.8 Å². The van der Waals surface area contributed by atoms with E-state index in [2.05, 4.69) is 26.1 Å². The van der Waals surface area contributed by atoms with Crippen molar-refractivity contribution in [3.8, 4) is 11.1 Å². The van der Waals surface area contributed by atoms with Gasteiger partial charge in [-0.3, -0.25) is 9.59 Å². The monoisotopic (exact) mass is 500 g/mol. The average Bonchev–Trinajstić information content (AvgIpc) is 3.20. The summed E-state index contributed by atoms with van der Waals surface area (Å²) in [6.45, 7) is 6.70. The summed E-state index contributed by atoms with van der Waals surface area (Å²) < 4.78 is 5.46. The van der Waals surface area contributed by atoms with Gasteiger partial charge in [0.05, 0.1) is 11.1 Å². The smallest absolute Gasteiger partial charge is 0.344 e. The molecule has 0 bridgehead atoms. The van der Waals surface area contributed by atoms with E-state index in [1.165, 1.54) is 11.3 Å². The summed E-state index contributed by atoms with van der Waals surface area (Å²) >= 11 is 1.44. The highest BCUT2D eigenvalue weighted by atomic mass is 32.1. The van der Waals surface area contributed by atoms with Gasteiger partial charge in [-0.15, -0.1) is 11.3 Å². The highest BCUT2D eigenvalue weighted by Gasteiger charge is 2.33. The molecular weight excluding hydrogens is 472 g/mol. The molecule has 6 nitrogen and oxygen atoms in total. The first-order chi connectivity index (χ1) is 17.1. The SMILES string of the molecule is CC(C)(C)[C@@H]1CCc2c(sc(NC(=O)c3cccc(-c4cc5ccccc5oc4=O)c3)c2C(N)=O)C1. The third-order valence-electron chi connectivity index (χ3n) is 7.04. The second-order valence-corrected chi connectivity index (χ2v) is 11.5. The lowest BCUT2D eigenvalue weighted by molar-refractivity contribution is 0.1000. The molecule has 0 saturated carbocycles. The molecule has 4 aromatic rings. The number of nitrogens with one attached hydrogen (secondary N) is 1. The van der Waals surface area contributed by atoms with Crippen molar-refractivity contribution in [3.63, 3.8) is 0 Å². The molecule has 36 heavy (non-hydrogen) atoms. The van der Waals surface area contributed by atoms with Gasteiger partial charge >= 0.3 is 5.63 Å². The van der Waals surface area contributed by atoms with Crippen LogP contribution in [0.3, 0.4) is 0 Å². The molecule has 1 atom stereocenters. The zero-order valence-electron chi connectivity index (χ0n) is 20.5. The predicted octanol–water partition coefficient (Wildman–Crippen LogP) is 6.02. The normalized spacial score (nSPS) is 15.5. The van der Waals surface area contributed by atoms with E-state index >= 15 is 0 Å². The number of fused-ring (bicyclic) bond motifs is 2. The minimum Gasteiger partial charge on any atom is -0.422 e. The topological polar surface area (TPSA) is 102 Å². The number of hydrogen-bond donors (Lipinski definition) is 2. The maximum atomic E-state index is 13.2. The van der Waals surface area contributed by atoms with Crippen LogP contribution in [0.5, 0.6) is 0 Å².